The fraction of sp³-hybridized carbons (Fsp3) is 0.235. The van der Waals surface area contributed by atoms with Gasteiger partial charge in [-0.2, -0.15) is 10.4 Å². The van der Waals surface area contributed by atoms with Crippen molar-refractivity contribution in [3.8, 4) is 11.8 Å². The molecule has 2 aromatic rings. The van der Waals surface area contributed by atoms with E-state index in [1.807, 2.05) is 50.2 Å². The Bertz CT molecular complexity index is 784. The van der Waals surface area contributed by atoms with Crippen LogP contribution in [-0.2, 0) is 9.53 Å². The molecule has 0 aliphatic rings. The van der Waals surface area contributed by atoms with Gasteiger partial charge in [-0.05, 0) is 38.5 Å². The number of aromatic nitrogens is 2. The second-order valence-corrected chi connectivity index (χ2v) is 4.96. The number of hydrogen-bond donors (Lipinski definition) is 1. The summed E-state index contributed by atoms with van der Waals surface area (Å²) in [6.45, 7) is 5.79. The van der Waals surface area contributed by atoms with Gasteiger partial charge in [-0.1, -0.05) is 12.1 Å². The zero-order valence-corrected chi connectivity index (χ0v) is 13.3. The van der Waals surface area contributed by atoms with Crippen LogP contribution in [0.25, 0.3) is 5.69 Å². The van der Waals surface area contributed by atoms with Crippen LogP contribution < -0.4 is 5.32 Å². The quantitative estimate of drug-likeness (QED) is 0.522. The maximum absolute atomic E-state index is 11.6. The van der Waals surface area contributed by atoms with E-state index in [9.17, 15) is 4.79 Å². The minimum Gasteiger partial charge on any atom is -0.462 e. The molecule has 1 aromatic heterocycles. The van der Waals surface area contributed by atoms with Crippen molar-refractivity contribution in [1.82, 2.24) is 9.78 Å². The van der Waals surface area contributed by atoms with Gasteiger partial charge in [-0.3, -0.25) is 0 Å². The first kappa shape index (κ1) is 16.3. The number of anilines is 1. The molecular formula is C17H18N4O2. The highest BCUT2D eigenvalue weighted by Crippen LogP contribution is 2.18. The number of aryl methyl sites for hydroxylation is 2. The van der Waals surface area contributed by atoms with Crippen LogP contribution in [0.1, 0.15) is 18.2 Å². The fourth-order valence-electron chi connectivity index (χ4n) is 2.05. The molecule has 0 aliphatic heterocycles. The summed E-state index contributed by atoms with van der Waals surface area (Å²) >= 11 is 0. The number of rotatable bonds is 5. The summed E-state index contributed by atoms with van der Waals surface area (Å²) in [4.78, 5) is 11.6. The van der Waals surface area contributed by atoms with E-state index in [0.29, 0.717) is 5.82 Å². The molecule has 118 valence electrons. The van der Waals surface area contributed by atoms with Gasteiger partial charge in [0.05, 0.1) is 18.0 Å². The minimum absolute atomic E-state index is 0.0958. The van der Waals surface area contributed by atoms with Crippen molar-refractivity contribution in [3.63, 3.8) is 0 Å². The van der Waals surface area contributed by atoms with Gasteiger partial charge < -0.3 is 10.1 Å². The van der Waals surface area contributed by atoms with E-state index in [0.717, 1.165) is 16.9 Å². The summed E-state index contributed by atoms with van der Waals surface area (Å²) in [6.07, 6.45) is 1.33. The van der Waals surface area contributed by atoms with Gasteiger partial charge in [0.15, 0.2) is 5.57 Å². The second-order valence-electron chi connectivity index (χ2n) is 4.96. The van der Waals surface area contributed by atoms with Gasteiger partial charge in [-0.25, -0.2) is 9.48 Å². The molecule has 0 unspecified atom stereocenters. The molecule has 6 heteroatoms. The number of benzene rings is 1. The van der Waals surface area contributed by atoms with Crippen LogP contribution >= 0.6 is 0 Å². The van der Waals surface area contributed by atoms with E-state index in [4.69, 9.17) is 10.00 Å². The molecule has 6 nitrogen and oxygen atoms in total. The van der Waals surface area contributed by atoms with Crippen LogP contribution in [-0.4, -0.2) is 22.4 Å². The van der Waals surface area contributed by atoms with E-state index in [1.165, 1.54) is 6.20 Å². The summed E-state index contributed by atoms with van der Waals surface area (Å²) in [5, 5.41) is 16.4. The molecule has 0 saturated heterocycles. The van der Waals surface area contributed by atoms with E-state index >= 15 is 0 Å². The van der Waals surface area contributed by atoms with Gasteiger partial charge in [0.2, 0.25) is 0 Å². The SMILES string of the molecule is CCOC(=O)/C(C#N)=C/Nc1cc(C)nn1-c1cccc(C)c1. The first-order valence-electron chi connectivity index (χ1n) is 7.22. The molecule has 0 fully saturated rings. The Hall–Kier alpha value is -3.07. The third kappa shape index (κ3) is 3.98. The predicted molar refractivity (Wildman–Crippen MR) is 87.0 cm³/mol. The highest BCUT2D eigenvalue weighted by Gasteiger charge is 2.11. The molecular weight excluding hydrogens is 292 g/mol. The van der Waals surface area contributed by atoms with E-state index in [-0.39, 0.29) is 12.2 Å². The van der Waals surface area contributed by atoms with Crippen LogP contribution in [0, 0.1) is 25.2 Å². The molecule has 1 aromatic carbocycles. The average molecular weight is 310 g/mol. The highest BCUT2D eigenvalue weighted by molar-refractivity contribution is 5.93. The van der Waals surface area contributed by atoms with Crippen LogP contribution in [0.2, 0.25) is 0 Å². The first-order valence-corrected chi connectivity index (χ1v) is 7.22. The van der Waals surface area contributed by atoms with Crippen LogP contribution in [0.4, 0.5) is 5.82 Å². The fourth-order valence-corrected chi connectivity index (χ4v) is 2.05. The Labute approximate surface area is 135 Å². The van der Waals surface area contributed by atoms with Gasteiger partial charge in [-0.15, -0.1) is 0 Å². The lowest BCUT2D eigenvalue weighted by Gasteiger charge is -2.08. The van der Waals surface area contributed by atoms with Crippen LogP contribution in [0.15, 0.2) is 42.1 Å². The molecule has 23 heavy (non-hydrogen) atoms. The maximum Gasteiger partial charge on any atom is 0.350 e. The zero-order valence-electron chi connectivity index (χ0n) is 13.3. The number of nitrogens with one attached hydrogen (secondary N) is 1. The number of carbonyl (C=O) groups is 1. The van der Waals surface area contributed by atoms with Gasteiger partial charge in [0, 0.05) is 12.3 Å². The lowest BCUT2D eigenvalue weighted by atomic mass is 10.2. The predicted octanol–water partition coefficient (Wildman–Crippen LogP) is 2.87. The van der Waals surface area contributed by atoms with E-state index in [1.54, 1.807) is 11.6 Å². The van der Waals surface area contributed by atoms with Gasteiger partial charge >= 0.3 is 5.97 Å². The summed E-state index contributed by atoms with van der Waals surface area (Å²) in [7, 11) is 0. The third-order valence-corrected chi connectivity index (χ3v) is 3.06. The number of nitriles is 1. The number of ether oxygens (including phenoxy) is 1. The van der Waals surface area contributed by atoms with Crippen molar-refractivity contribution >= 4 is 11.8 Å². The second kappa shape index (κ2) is 7.27. The van der Waals surface area contributed by atoms with E-state index in [2.05, 4.69) is 10.4 Å². The summed E-state index contributed by atoms with van der Waals surface area (Å²) in [6, 6.07) is 11.5. The molecule has 1 N–H and O–H groups in total. The van der Waals surface area contributed by atoms with Crippen molar-refractivity contribution in [2.75, 3.05) is 11.9 Å². The first-order chi connectivity index (χ1) is 11.0. The molecule has 1 heterocycles. The Morgan fingerprint density at radius 1 is 1.43 bits per heavy atom. The topological polar surface area (TPSA) is 79.9 Å². The van der Waals surface area contributed by atoms with Crippen LogP contribution in [0.5, 0.6) is 0 Å². The lowest BCUT2D eigenvalue weighted by Crippen LogP contribution is -2.09. The molecule has 0 spiro atoms. The Morgan fingerprint density at radius 2 is 2.22 bits per heavy atom. The van der Waals surface area contributed by atoms with Crippen molar-refractivity contribution in [2.45, 2.75) is 20.8 Å². The van der Waals surface area contributed by atoms with Gasteiger partial charge in [0.1, 0.15) is 11.9 Å². The molecule has 0 bridgehead atoms. The lowest BCUT2D eigenvalue weighted by molar-refractivity contribution is -0.138. The summed E-state index contributed by atoms with van der Waals surface area (Å²) < 4.78 is 6.55. The maximum atomic E-state index is 11.6. The monoisotopic (exact) mass is 310 g/mol. The molecule has 0 saturated carbocycles. The minimum atomic E-state index is -0.652. The van der Waals surface area contributed by atoms with Crippen molar-refractivity contribution in [2.24, 2.45) is 0 Å². The zero-order chi connectivity index (χ0) is 16.8. The van der Waals surface area contributed by atoms with Crippen molar-refractivity contribution < 1.29 is 9.53 Å². The Balaban J connectivity index is 2.31. The molecule has 0 radical (unpaired) electrons. The average Bonchev–Trinajstić information content (AvgIpc) is 2.89. The van der Waals surface area contributed by atoms with Crippen LogP contribution in [0.3, 0.4) is 0 Å². The number of nitrogens with zero attached hydrogens (tertiary/aromatic N) is 3. The standard InChI is InChI=1S/C17H18N4O2/c1-4-23-17(22)14(10-18)11-19-16-9-13(3)20-21(16)15-7-5-6-12(2)8-15/h5-9,11,19H,4H2,1-3H3/b14-11+. The molecule has 2 rings (SSSR count). The molecule has 0 aliphatic carbocycles. The highest BCUT2D eigenvalue weighted by atomic mass is 16.5. The third-order valence-electron chi connectivity index (χ3n) is 3.06. The Morgan fingerprint density at radius 3 is 2.87 bits per heavy atom. The largest absolute Gasteiger partial charge is 0.462 e. The number of esters is 1. The van der Waals surface area contributed by atoms with Crippen molar-refractivity contribution in [1.29, 1.82) is 5.26 Å². The summed E-state index contributed by atoms with van der Waals surface area (Å²) in [5.41, 5.74) is 2.73. The smallest absolute Gasteiger partial charge is 0.350 e. The van der Waals surface area contributed by atoms with Crippen molar-refractivity contribution in [3.05, 3.63) is 53.4 Å². The summed E-state index contributed by atoms with van der Waals surface area (Å²) in [5.74, 6) is 0.00555. The molecule has 0 amide bonds. The number of carbonyl (C=O) groups excluding carboxylic acids is 1. The van der Waals surface area contributed by atoms with E-state index < -0.39 is 5.97 Å². The Kier molecular flexibility index (Phi) is 5.15. The molecule has 0 atom stereocenters. The van der Waals surface area contributed by atoms with Gasteiger partial charge in [0.25, 0.3) is 0 Å². The normalized spacial score (nSPS) is 11.0. The number of hydrogen-bond acceptors (Lipinski definition) is 5.